The number of imidazole rings is 1. The molecule has 0 bridgehead atoms. The number of guanidine groups is 1. The smallest absolute Gasteiger partial charge is 0.191 e. The molecule has 27 heavy (non-hydrogen) atoms. The highest BCUT2D eigenvalue weighted by Gasteiger charge is 2.02. The van der Waals surface area contributed by atoms with E-state index in [1.807, 2.05) is 36.8 Å². The summed E-state index contributed by atoms with van der Waals surface area (Å²) < 4.78 is 2.05. The molecular formula is C21H24ClN5. The highest BCUT2D eigenvalue weighted by Crippen LogP contribution is 2.14. The third-order valence-corrected chi connectivity index (χ3v) is 4.64. The lowest BCUT2D eigenvalue weighted by Gasteiger charge is -2.13. The Kier molecular flexibility index (Phi) is 6.88. The van der Waals surface area contributed by atoms with E-state index in [0.29, 0.717) is 0 Å². The lowest BCUT2D eigenvalue weighted by atomic mass is 10.1. The van der Waals surface area contributed by atoms with Crippen molar-refractivity contribution in [2.75, 3.05) is 13.6 Å². The number of halogens is 1. The molecule has 140 valence electrons. The van der Waals surface area contributed by atoms with Gasteiger partial charge in [0.05, 0.1) is 6.33 Å². The van der Waals surface area contributed by atoms with Crippen LogP contribution in [-0.4, -0.2) is 29.1 Å². The van der Waals surface area contributed by atoms with E-state index in [-0.39, 0.29) is 0 Å². The molecular weight excluding hydrogens is 358 g/mol. The van der Waals surface area contributed by atoms with Crippen LogP contribution in [-0.2, 0) is 19.5 Å². The average molecular weight is 382 g/mol. The van der Waals surface area contributed by atoms with Crippen LogP contribution in [0.2, 0.25) is 5.02 Å². The number of aromatic nitrogens is 2. The molecule has 2 N–H and O–H groups in total. The second-order valence-corrected chi connectivity index (χ2v) is 6.65. The molecule has 0 amide bonds. The van der Waals surface area contributed by atoms with Crippen LogP contribution in [0.15, 0.2) is 72.2 Å². The molecule has 1 heterocycles. The van der Waals surface area contributed by atoms with E-state index < -0.39 is 0 Å². The first-order chi connectivity index (χ1) is 13.2. The summed E-state index contributed by atoms with van der Waals surface area (Å²) in [5, 5.41) is 7.47. The topological polar surface area (TPSA) is 54.2 Å². The van der Waals surface area contributed by atoms with Gasteiger partial charge in [-0.1, -0.05) is 54.1 Å². The van der Waals surface area contributed by atoms with Crippen molar-refractivity contribution in [2.45, 2.75) is 19.5 Å². The molecule has 5 nitrogen and oxygen atoms in total. The van der Waals surface area contributed by atoms with Gasteiger partial charge in [0, 0.05) is 44.1 Å². The van der Waals surface area contributed by atoms with Crippen molar-refractivity contribution in [3.05, 3.63) is 89.0 Å². The van der Waals surface area contributed by atoms with Gasteiger partial charge >= 0.3 is 0 Å². The molecule has 0 aliphatic rings. The number of benzene rings is 2. The maximum absolute atomic E-state index is 6.19. The molecule has 0 spiro atoms. The molecule has 3 rings (SSSR count). The van der Waals surface area contributed by atoms with Gasteiger partial charge in [-0.25, -0.2) is 4.98 Å². The molecule has 0 unspecified atom stereocenters. The maximum Gasteiger partial charge on any atom is 0.191 e. The lowest BCUT2D eigenvalue weighted by molar-refractivity contribution is 0.788. The van der Waals surface area contributed by atoms with Crippen molar-refractivity contribution < 1.29 is 0 Å². The summed E-state index contributed by atoms with van der Waals surface area (Å²) >= 11 is 6.19. The Labute approximate surface area is 165 Å². The summed E-state index contributed by atoms with van der Waals surface area (Å²) in [6, 6.07) is 16.5. The van der Waals surface area contributed by atoms with Crippen LogP contribution < -0.4 is 10.6 Å². The van der Waals surface area contributed by atoms with Gasteiger partial charge in [-0.2, -0.15) is 0 Å². The van der Waals surface area contributed by atoms with E-state index in [1.165, 1.54) is 11.1 Å². The fourth-order valence-electron chi connectivity index (χ4n) is 2.78. The lowest BCUT2D eigenvalue weighted by Crippen LogP contribution is -2.37. The predicted octanol–water partition coefficient (Wildman–Crippen LogP) is 3.49. The van der Waals surface area contributed by atoms with Gasteiger partial charge in [-0.15, -0.1) is 0 Å². The Morgan fingerprint density at radius 3 is 2.56 bits per heavy atom. The largest absolute Gasteiger partial charge is 0.356 e. The first-order valence-electron chi connectivity index (χ1n) is 8.96. The molecule has 0 fully saturated rings. The summed E-state index contributed by atoms with van der Waals surface area (Å²) in [5.74, 6) is 0.782. The minimum absolute atomic E-state index is 0.719. The molecule has 3 aromatic rings. The minimum Gasteiger partial charge on any atom is -0.356 e. The zero-order valence-corrected chi connectivity index (χ0v) is 16.2. The molecule has 0 aliphatic heterocycles. The molecule has 6 heteroatoms. The van der Waals surface area contributed by atoms with Gasteiger partial charge in [0.1, 0.15) is 0 Å². The second-order valence-electron chi connectivity index (χ2n) is 6.25. The third kappa shape index (κ3) is 5.86. The summed E-state index contributed by atoms with van der Waals surface area (Å²) in [6.45, 7) is 2.32. The quantitative estimate of drug-likeness (QED) is 0.486. The van der Waals surface area contributed by atoms with Crippen LogP contribution in [0.1, 0.15) is 16.7 Å². The van der Waals surface area contributed by atoms with Gasteiger partial charge in [0.15, 0.2) is 5.96 Å². The first-order valence-corrected chi connectivity index (χ1v) is 9.34. The number of aliphatic imine (C=N–C) groups is 1. The fraction of sp³-hybridized carbons (Fsp3) is 0.238. The summed E-state index contributed by atoms with van der Waals surface area (Å²) in [5.41, 5.74) is 3.59. The van der Waals surface area contributed by atoms with Crippen molar-refractivity contribution in [1.82, 2.24) is 20.2 Å². The van der Waals surface area contributed by atoms with Gasteiger partial charge < -0.3 is 15.2 Å². The van der Waals surface area contributed by atoms with Crippen molar-refractivity contribution in [3.8, 4) is 0 Å². The zero-order valence-electron chi connectivity index (χ0n) is 15.4. The minimum atomic E-state index is 0.719. The van der Waals surface area contributed by atoms with E-state index in [0.717, 1.165) is 42.6 Å². The highest BCUT2D eigenvalue weighted by atomic mass is 35.5. The molecule has 0 aliphatic carbocycles. The van der Waals surface area contributed by atoms with Crippen molar-refractivity contribution in [2.24, 2.45) is 4.99 Å². The van der Waals surface area contributed by atoms with Crippen LogP contribution >= 0.6 is 11.6 Å². The maximum atomic E-state index is 6.19. The monoisotopic (exact) mass is 381 g/mol. The molecule has 0 saturated carbocycles. The van der Waals surface area contributed by atoms with Crippen LogP contribution in [0.4, 0.5) is 0 Å². The van der Waals surface area contributed by atoms with E-state index in [2.05, 4.69) is 49.4 Å². The Bertz CT molecular complexity index is 857. The van der Waals surface area contributed by atoms with Crippen molar-refractivity contribution >= 4 is 17.6 Å². The Morgan fingerprint density at radius 1 is 1.07 bits per heavy atom. The number of rotatable bonds is 7. The summed E-state index contributed by atoms with van der Waals surface area (Å²) in [7, 11) is 1.78. The van der Waals surface area contributed by atoms with Crippen molar-refractivity contribution in [1.29, 1.82) is 0 Å². The molecule has 0 atom stereocenters. The summed E-state index contributed by atoms with van der Waals surface area (Å²) in [4.78, 5) is 8.34. The van der Waals surface area contributed by atoms with Gasteiger partial charge in [0.25, 0.3) is 0 Å². The van der Waals surface area contributed by atoms with Gasteiger partial charge in [0.2, 0.25) is 0 Å². The van der Waals surface area contributed by atoms with Crippen LogP contribution in [0.25, 0.3) is 0 Å². The second kappa shape index (κ2) is 9.78. The normalized spacial score (nSPS) is 11.4. The van der Waals surface area contributed by atoms with E-state index in [1.54, 1.807) is 13.2 Å². The SMILES string of the molecule is CN=C(NCCc1ccccc1Cl)NCc1ccc(Cn2ccnc2)cc1. The Hall–Kier alpha value is -2.79. The van der Waals surface area contributed by atoms with Gasteiger partial charge in [-0.05, 0) is 29.2 Å². The Balaban J connectivity index is 1.44. The number of hydrogen-bond donors (Lipinski definition) is 2. The number of nitrogens with one attached hydrogen (secondary N) is 2. The highest BCUT2D eigenvalue weighted by molar-refractivity contribution is 6.31. The van der Waals surface area contributed by atoms with E-state index >= 15 is 0 Å². The number of hydrogen-bond acceptors (Lipinski definition) is 2. The van der Waals surface area contributed by atoms with Crippen LogP contribution in [0.5, 0.6) is 0 Å². The van der Waals surface area contributed by atoms with Crippen LogP contribution in [0.3, 0.4) is 0 Å². The Morgan fingerprint density at radius 2 is 1.85 bits per heavy atom. The molecule has 0 radical (unpaired) electrons. The zero-order chi connectivity index (χ0) is 18.9. The third-order valence-electron chi connectivity index (χ3n) is 4.28. The number of nitrogens with zero attached hydrogens (tertiary/aromatic N) is 3. The fourth-order valence-corrected chi connectivity index (χ4v) is 3.01. The molecule has 2 aromatic carbocycles. The van der Waals surface area contributed by atoms with Crippen LogP contribution in [0, 0.1) is 0 Å². The van der Waals surface area contributed by atoms with Gasteiger partial charge in [-0.3, -0.25) is 4.99 Å². The van der Waals surface area contributed by atoms with E-state index in [9.17, 15) is 0 Å². The predicted molar refractivity (Wildman–Crippen MR) is 111 cm³/mol. The molecule has 0 saturated heterocycles. The average Bonchev–Trinajstić information content (AvgIpc) is 3.20. The summed E-state index contributed by atoms with van der Waals surface area (Å²) in [6.07, 6.45) is 6.44. The van der Waals surface area contributed by atoms with Crippen molar-refractivity contribution in [3.63, 3.8) is 0 Å². The molecule has 1 aromatic heterocycles. The standard InChI is InChI=1S/C21H24ClN5/c1-23-21(25-11-10-19-4-2-3-5-20(19)22)26-14-17-6-8-18(9-7-17)15-27-13-12-24-16-27/h2-9,12-13,16H,10-11,14-15H2,1H3,(H2,23,25,26). The first kappa shape index (κ1) is 19.0. The van der Waals surface area contributed by atoms with E-state index in [4.69, 9.17) is 11.6 Å².